The number of nitrogens with one attached hydrogen (secondary N) is 1. The summed E-state index contributed by atoms with van der Waals surface area (Å²) in [6.45, 7) is 4.06. The van der Waals surface area contributed by atoms with Crippen LogP contribution in [0.25, 0.3) is 0 Å². The van der Waals surface area contributed by atoms with Crippen molar-refractivity contribution in [3.8, 4) is 5.88 Å². The molecular formula is C11H15BrN2O. The van der Waals surface area contributed by atoms with Crippen LogP contribution in [0.15, 0.2) is 16.7 Å². The lowest BCUT2D eigenvalue weighted by molar-refractivity contribution is 0.159. The third-order valence-corrected chi connectivity index (χ3v) is 3.54. The second-order valence-corrected chi connectivity index (χ2v) is 4.63. The van der Waals surface area contributed by atoms with Gasteiger partial charge in [0, 0.05) is 12.7 Å². The second kappa shape index (κ2) is 4.94. The Morgan fingerprint density at radius 3 is 3.20 bits per heavy atom. The molecule has 2 rings (SSSR count). The summed E-state index contributed by atoms with van der Waals surface area (Å²) >= 11 is 3.50. The van der Waals surface area contributed by atoms with Crippen LogP contribution in [0.1, 0.15) is 18.4 Å². The van der Waals surface area contributed by atoms with Gasteiger partial charge in [-0.3, -0.25) is 0 Å². The number of rotatable bonds is 2. The molecule has 1 atom stereocenters. The molecule has 3 nitrogen and oxygen atoms in total. The zero-order valence-corrected chi connectivity index (χ0v) is 10.4. The zero-order chi connectivity index (χ0) is 10.7. The summed E-state index contributed by atoms with van der Waals surface area (Å²) in [5.41, 5.74) is 1.16. The Labute approximate surface area is 98.4 Å². The predicted molar refractivity (Wildman–Crippen MR) is 63.2 cm³/mol. The van der Waals surface area contributed by atoms with Gasteiger partial charge in [0.15, 0.2) is 0 Å². The number of hydrogen-bond acceptors (Lipinski definition) is 3. The number of hydrogen-bond donors (Lipinski definition) is 1. The van der Waals surface area contributed by atoms with Crippen LogP contribution in [0.4, 0.5) is 0 Å². The Morgan fingerprint density at radius 1 is 1.60 bits per heavy atom. The van der Waals surface area contributed by atoms with Gasteiger partial charge in [-0.1, -0.05) is 0 Å². The molecule has 2 heterocycles. The predicted octanol–water partition coefficient (Wildman–Crippen LogP) is 2.28. The third-order valence-electron chi connectivity index (χ3n) is 2.58. The lowest BCUT2D eigenvalue weighted by atomic mass is 10.1. The van der Waals surface area contributed by atoms with E-state index in [1.807, 2.05) is 13.0 Å². The smallest absolute Gasteiger partial charge is 0.228 e. The van der Waals surface area contributed by atoms with Gasteiger partial charge in [0.2, 0.25) is 5.88 Å². The summed E-state index contributed by atoms with van der Waals surface area (Å²) in [6.07, 6.45) is 4.32. The fraction of sp³-hybridized carbons (Fsp3) is 0.545. The van der Waals surface area contributed by atoms with Crippen molar-refractivity contribution in [2.75, 3.05) is 13.1 Å². The molecule has 0 amide bonds. The molecule has 1 N–H and O–H groups in total. The van der Waals surface area contributed by atoms with Crippen molar-refractivity contribution in [1.29, 1.82) is 0 Å². The van der Waals surface area contributed by atoms with E-state index in [1.165, 1.54) is 6.42 Å². The van der Waals surface area contributed by atoms with Crippen molar-refractivity contribution >= 4 is 15.9 Å². The molecule has 82 valence electrons. The van der Waals surface area contributed by atoms with Crippen molar-refractivity contribution in [2.45, 2.75) is 25.9 Å². The fourth-order valence-electron chi connectivity index (χ4n) is 1.68. The summed E-state index contributed by atoms with van der Waals surface area (Å²) in [5.74, 6) is 0.712. The molecule has 0 spiro atoms. The summed E-state index contributed by atoms with van der Waals surface area (Å²) in [6, 6.07) is 1.97. The van der Waals surface area contributed by atoms with E-state index in [4.69, 9.17) is 4.74 Å². The highest BCUT2D eigenvalue weighted by Crippen LogP contribution is 2.26. The molecule has 4 heteroatoms. The fourth-order valence-corrected chi connectivity index (χ4v) is 2.00. The number of pyridine rings is 1. The second-order valence-electron chi connectivity index (χ2n) is 3.83. The van der Waals surface area contributed by atoms with Gasteiger partial charge < -0.3 is 10.1 Å². The number of aryl methyl sites for hydroxylation is 1. The Kier molecular flexibility index (Phi) is 3.59. The van der Waals surface area contributed by atoms with Crippen LogP contribution < -0.4 is 10.1 Å². The average molecular weight is 271 g/mol. The van der Waals surface area contributed by atoms with Crippen LogP contribution in [0.5, 0.6) is 5.88 Å². The Balaban J connectivity index is 2.06. The number of aromatic nitrogens is 1. The number of piperidine rings is 1. The van der Waals surface area contributed by atoms with Crippen LogP contribution in [0.2, 0.25) is 0 Å². The van der Waals surface area contributed by atoms with Gasteiger partial charge in [0.05, 0.1) is 4.47 Å². The Morgan fingerprint density at radius 2 is 2.47 bits per heavy atom. The highest BCUT2D eigenvalue weighted by Gasteiger charge is 2.16. The van der Waals surface area contributed by atoms with Gasteiger partial charge in [0.25, 0.3) is 0 Å². The Bertz CT molecular complexity index is 337. The van der Waals surface area contributed by atoms with Gasteiger partial charge in [-0.15, -0.1) is 0 Å². The monoisotopic (exact) mass is 270 g/mol. The van der Waals surface area contributed by atoms with Crippen LogP contribution in [0, 0.1) is 6.92 Å². The number of halogens is 1. The average Bonchev–Trinajstić information content (AvgIpc) is 2.26. The van der Waals surface area contributed by atoms with Crippen LogP contribution in [-0.4, -0.2) is 24.2 Å². The van der Waals surface area contributed by atoms with E-state index in [-0.39, 0.29) is 6.10 Å². The molecule has 0 bridgehead atoms. The first-order valence-electron chi connectivity index (χ1n) is 5.26. The van der Waals surface area contributed by atoms with Gasteiger partial charge in [0.1, 0.15) is 6.10 Å². The van der Waals surface area contributed by atoms with E-state index < -0.39 is 0 Å². The topological polar surface area (TPSA) is 34.1 Å². The van der Waals surface area contributed by atoms with Crippen LogP contribution >= 0.6 is 15.9 Å². The molecule has 0 radical (unpaired) electrons. The molecule has 0 aliphatic carbocycles. The van der Waals surface area contributed by atoms with Crippen LogP contribution in [0.3, 0.4) is 0 Å². The van der Waals surface area contributed by atoms with E-state index in [1.54, 1.807) is 6.20 Å². The summed E-state index contributed by atoms with van der Waals surface area (Å²) in [4.78, 5) is 4.24. The molecule has 1 aromatic rings. The lowest BCUT2D eigenvalue weighted by Crippen LogP contribution is -2.37. The quantitative estimate of drug-likeness (QED) is 0.896. The first-order valence-corrected chi connectivity index (χ1v) is 6.05. The minimum atomic E-state index is 0.254. The van der Waals surface area contributed by atoms with E-state index in [2.05, 4.69) is 26.2 Å². The van der Waals surface area contributed by atoms with Crippen molar-refractivity contribution in [2.24, 2.45) is 0 Å². The maximum Gasteiger partial charge on any atom is 0.228 e. The minimum Gasteiger partial charge on any atom is -0.472 e. The Hall–Kier alpha value is -0.610. The first-order chi connectivity index (χ1) is 7.27. The normalized spacial score (nSPS) is 21.3. The molecule has 1 saturated heterocycles. The summed E-state index contributed by atoms with van der Waals surface area (Å²) in [7, 11) is 0. The standard InChI is InChI=1S/C11H15BrN2O/c1-8-4-6-14-11(10(8)12)15-9-3-2-5-13-7-9/h4,6,9,13H,2-3,5,7H2,1H3/t9-/m0/s1. The maximum atomic E-state index is 5.85. The van der Waals surface area contributed by atoms with Crippen molar-refractivity contribution in [1.82, 2.24) is 10.3 Å². The highest BCUT2D eigenvalue weighted by molar-refractivity contribution is 9.10. The molecule has 1 aliphatic rings. The summed E-state index contributed by atoms with van der Waals surface area (Å²) in [5, 5.41) is 3.32. The van der Waals surface area contributed by atoms with Crippen molar-refractivity contribution < 1.29 is 4.74 Å². The van der Waals surface area contributed by atoms with Gasteiger partial charge in [-0.2, -0.15) is 0 Å². The summed E-state index contributed by atoms with van der Waals surface area (Å²) < 4.78 is 6.81. The van der Waals surface area contributed by atoms with Crippen molar-refractivity contribution in [3.63, 3.8) is 0 Å². The van der Waals surface area contributed by atoms with Gasteiger partial charge >= 0.3 is 0 Å². The van der Waals surface area contributed by atoms with Crippen LogP contribution in [-0.2, 0) is 0 Å². The molecule has 1 aromatic heterocycles. The van der Waals surface area contributed by atoms with E-state index >= 15 is 0 Å². The first kappa shape index (κ1) is 10.9. The molecule has 0 unspecified atom stereocenters. The molecule has 0 saturated carbocycles. The number of nitrogens with zero attached hydrogens (tertiary/aromatic N) is 1. The molecule has 1 fully saturated rings. The van der Waals surface area contributed by atoms with E-state index in [9.17, 15) is 0 Å². The number of ether oxygens (including phenoxy) is 1. The van der Waals surface area contributed by atoms with Gasteiger partial charge in [-0.05, 0) is 53.9 Å². The largest absolute Gasteiger partial charge is 0.472 e. The zero-order valence-electron chi connectivity index (χ0n) is 8.79. The molecule has 0 aromatic carbocycles. The lowest BCUT2D eigenvalue weighted by Gasteiger charge is -2.23. The van der Waals surface area contributed by atoms with Gasteiger partial charge in [-0.25, -0.2) is 4.98 Å². The molecule has 15 heavy (non-hydrogen) atoms. The minimum absolute atomic E-state index is 0.254. The molecule has 1 aliphatic heterocycles. The third kappa shape index (κ3) is 2.69. The SMILES string of the molecule is Cc1ccnc(O[C@H]2CCCNC2)c1Br. The van der Waals surface area contributed by atoms with E-state index in [0.29, 0.717) is 5.88 Å². The maximum absolute atomic E-state index is 5.85. The highest BCUT2D eigenvalue weighted by atomic mass is 79.9. The van der Waals surface area contributed by atoms with Crippen molar-refractivity contribution in [3.05, 3.63) is 22.3 Å². The molecular weight excluding hydrogens is 256 g/mol. The van der Waals surface area contributed by atoms with E-state index in [0.717, 1.165) is 29.5 Å².